The molecule has 2 rings (SSSR count). The minimum atomic E-state index is -3.50. The van der Waals surface area contributed by atoms with Crippen molar-refractivity contribution in [2.75, 3.05) is 18.9 Å². The van der Waals surface area contributed by atoms with E-state index in [0.717, 1.165) is 25.7 Å². The van der Waals surface area contributed by atoms with Crippen LogP contribution in [0.5, 0.6) is 0 Å². The molecule has 1 aliphatic rings. The number of nitrogens with one attached hydrogen (secondary N) is 1. The Balaban J connectivity index is 2.25. The summed E-state index contributed by atoms with van der Waals surface area (Å²) >= 11 is 0. The van der Waals surface area contributed by atoms with Gasteiger partial charge in [-0.25, -0.2) is 13.4 Å². The Labute approximate surface area is 127 Å². The zero-order chi connectivity index (χ0) is 15.5. The molecular formula is C15H25N3O2S. The van der Waals surface area contributed by atoms with Crippen molar-refractivity contribution < 1.29 is 8.42 Å². The van der Waals surface area contributed by atoms with Crippen molar-refractivity contribution in [3.8, 4) is 0 Å². The van der Waals surface area contributed by atoms with Gasteiger partial charge in [0.1, 0.15) is 10.7 Å². The van der Waals surface area contributed by atoms with E-state index < -0.39 is 10.0 Å². The maximum Gasteiger partial charge on any atom is 0.246 e. The van der Waals surface area contributed by atoms with Gasteiger partial charge in [0.25, 0.3) is 0 Å². The lowest BCUT2D eigenvalue weighted by Crippen LogP contribution is -2.39. The molecule has 0 unspecified atom stereocenters. The highest BCUT2D eigenvalue weighted by Gasteiger charge is 2.32. The second kappa shape index (κ2) is 6.75. The molecule has 5 nitrogen and oxygen atoms in total. The molecule has 0 atom stereocenters. The zero-order valence-corrected chi connectivity index (χ0v) is 13.9. The monoisotopic (exact) mass is 311 g/mol. The Morgan fingerprint density at radius 2 is 2.00 bits per heavy atom. The molecule has 0 bridgehead atoms. The Hall–Kier alpha value is -1.14. The molecule has 0 aromatic carbocycles. The van der Waals surface area contributed by atoms with Crippen molar-refractivity contribution in [1.82, 2.24) is 9.29 Å². The van der Waals surface area contributed by atoms with Crippen LogP contribution in [-0.4, -0.2) is 37.3 Å². The number of pyridine rings is 1. The van der Waals surface area contributed by atoms with E-state index >= 15 is 0 Å². The topological polar surface area (TPSA) is 62.3 Å². The van der Waals surface area contributed by atoms with E-state index in [0.29, 0.717) is 18.3 Å². The molecule has 1 aliphatic carbocycles. The van der Waals surface area contributed by atoms with Crippen LogP contribution in [0.1, 0.15) is 39.5 Å². The minimum absolute atomic E-state index is 0.0980. The van der Waals surface area contributed by atoms with Gasteiger partial charge in [-0.3, -0.25) is 0 Å². The summed E-state index contributed by atoms with van der Waals surface area (Å²) in [5, 5.41) is 3.03. The highest BCUT2D eigenvalue weighted by molar-refractivity contribution is 7.89. The first-order valence-electron chi connectivity index (χ1n) is 7.63. The van der Waals surface area contributed by atoms with Gasteiger partial charge in [-0.2, -0.15) is 4.31 Å². The predicted octanol–water partition coefficient (Wildman–Crippen LogP) is 2.71. The summed E-state index contributed by atoms with van der Waals surface area (Å²) in [5.74, 6) is 1.14. The number of sulfonamides is 1. The standard InChI is InChI=1S/C15H25N3O2S/c1-4-16-15-14(6-5-11-17-15)21(19,20)18(3)13-9-7-12(2)8-10-13/h5-6,11-13H,4,7-10H2,1-3H3,(H,16,17). The first-order chi connectivity index (χ1) is 9.96. The summed E-state index contributed by atoms with van der Waals surface area (Å²) < 4.78 is 27.2. The summed E-state index contributed by atoms with van der Waals surface area (Å²) in [4.78, 5) is 4.43. The lowest BCUT2D eigenvalue weighted by atomic mass is 9.87. The lowest BCUT2D eigenvalue weighted by Gasteiger charge is -2.33. The molecule has 0 spiro atoms. The second-order valence-electron chi connectivity index (χ2n) is 5.82. The third kappa shape index (κ3) is 3.55. The Bertz CT molecular complexity index is 566. The average Bonchev–Trinajstić information content (AvgIpc) is 2.48. The van der Waals surface area contributed by atoms with Gasteiger partial charge in [0.15, 0.2) is 0 Å². The van der Waals surface area contributed by atoms with E-state index in [2.05, 4.69) is 17.2 Å². The molecule has 0 radical (unpaired) electrons. The fraction of sp³-hybridized carbons (Fsp3) is 0.667. The Kier molecular flexibility index (Phi) is 5.22. The smallest absolute Gasteiger partial charge is 0.246 e. The van der Waals surface area contributed by atoms with Crippen LogP contribution in [-0.2, 0) is 10.0 Å². The number of aromatic nitrogens is 1. The summed E-state index contributed by atoms with van der Waals surface area (Å²) in [6.45, 7) is 4.80. The van der Waals surface area contributed by atoms with Crippen LogP contribution in [0.3, 0.4) is 0 Å². The molecule has 1 N–H and O–H groups in total. The first-order valence-corrected chi connectivity index (χ1v) is 9.07. The molecule has 0 saturated heterocycles. The number of anilines is 1. The quantitative estimate of drug-likeness (QED) is 0.908. The van der Waals surface area contributed by atoms with Gasteiger partial charge in [-0.1, -0.05) is 6.92 Å². The van der Waals surface area contributed by atoms with Crippen molar-refractivity contribution in [3.05, 3.63) is 18.3 Å². The van der Waals surface area contributed by atoms with Crippen molar-refractivity contribution in [2.24, 2.45) is 5.92 Å². The molecule has 1 fully saturated rings. The fourth-order valence-electron chi connectivity index (χ4n) is 2.86. The second-order valence-corrected chi connectivity index (χ2v) is 7.78. The van der Waals surface area contributed by atoms with E-state index in [1.54, 1.807) is 25.4 Å². The van der Waals surface area contributed by atoms with Crippen LogP contribution in [0.4, 0.5) is 5.82 Å². The van der Waals surface area contributed by atoms with Gasteiger partial charge in [-0.15, -0.1) is 0 Å². The Morgan fingerprint density at radius 3 is 2.62 bits per heavy atom. The van der Waals surface area contributed by atoms with Crippen LogP contribution in [0.2, 0.25) is 0 Å². The van der Waals surface area contributed by atoms with Crippen molar-refractivity contribution in [3.63, 3.8) is 0 Å². The van der Waals surface area contributed by atoms with E-state index in [4.69, 9.17) is 0 Å². The van der Waals surface area contributed by atoms with Crippen LogP contribution < -0.4 is 5.32 Å². The Morgan fingerprint density at radius 1 is 1.33 bits per heavy atom. The number of rotatable bonds is 5. The molecule has 1 saturated carbocycles. The van der Waals surface area contributed by atoms with Crippen LogP contribution in [0.15, 0.2) is 23.2 Å². The molecule has 1 heterocycles. The van der Waals surface area contributed by atoms with Gasteiger partial charge < -0.3 is 5.32 Å². The van der Waals surface area contributed by atoms with Gasteiger partial charge in [0, 0.05) is 25.8 Å². The average molecular weight is 311 g/mol. The highest BCUT2D eigenvalue weighted by Crippen LogP contribution is 2.31. The highest BCUT2D eigenvalue weighted by atomic mass is 32.2. The van der Waals surface area contributed by atoms with Crippen LogP contribution >= 0.6 is 0 Å². The normalized spacial score (nSPS) is 23.2. The first kappa shape index (κ1) is 16.2. The molecule has 6 heteroatoms. The molecule has 118 valence electrons. The summed E-state index contributed by atoms with van der Waals surface area (Å²) in [6.07, 6.45) is 5.68. The van der Waals surface area contributed by atoms with E-state index in [-0.39, 0.29) is 10.9 Å². The van der Waals surface area contributed by atoms with Gasteiger partial charge in [0.2, 0.25) is 10.0 Å². The lowest BCUT2D eigenvalue weighted by molar-refractivity contribution is 0.246. The SMILES string of the molecule is CCNc1ncccc1S(=O)(=O)N(C)C1CCC(C)CC1. The van der Waals surface area contributed by atoms with E-state index in [1.807, 2.05) is 6.92 Å². The van der Waals surface area contributed by atoms with Crippen LogP contribution in [0.25, 0.3) is 0 Å². The largest absolute Gasteiger partial charge is 0.369 e. The molecular weight excluding hydrogens is 286 g/mol. The third-order valence-electron chi connectivity index (χ3n) is 4.27. The van der Waals surface area contributed by atoms with Crippen molar-refractivity contribution in [2.45, 2.75) is 50.5 Å². The molecule has 1 aromatic rings. The summed E-state index contributed by atoms with van der Waals surface area (Å²) in [5.41, 5.74) is 0. The van der Waals surface area contributed by atoms with Crippen molar-refractivity contribution in [1.29, 1.82) is 0 Å². The summed E-state index contributed by atoms with van der Waals surface area (Å²) in [7, 11) is -1.81. The van der Waals surface area contributed by atoms with E-state index in [1.165, 1.54) is 4.31 Å². The number of hydrogen-bond donors (Lipinski definition) is 1. The zero-order valence-electron chi connectivity index (χ0n) is 13.0. The minimum Gasteiger partial charge on any atom is -0.369 e. The molecule has 0 amide bonds. The molecule has 1 aromatic heterocycles. The van der Waals surface area contributed by atoms with Gasteiger partial charge >= 0.3 is 0 Å². The number of hydrogen-bond acceptors (Lipinski definition) is 4. The number of nitrogens with zero attached hydrogens (tertiary/aromatic N) is 2. The third-order valence-corrected chi connectivity index (χ3v) is 6.21. The van der Waals surface area contributed by atoms with E-state index in [9.17, 15) is 8.42 Å². The molecule has 0 aliphatic heterocycles. The van der Waals surface area contributed by atoms with Crippen molar-refractivity contribution >= 4 is 15.8 Å². The molecule has 21 heavy (non-hydrogen) atoms. The maximum absolute atomic E-state index is 12.9. The predicted molar refractivity (Wildman–Crippen MR) is 84.8 cm³/mol. The fourth-order valence-corrected chi connectivity index (χ4v) is 4.39. The maximum atomic E-state index is 12.9. The summed E-state index contributed by atoms with van der Waals surface area (Å²) in [6, 6.07) is 3.40. The van der Waals surface area contributed by atoms with Gasteiger partial charge in [-0.05, 0) is 50.7 Å². The van der Waals surface area contributed by atoms with Gasteiger partial charge in [0.05, 0.1) is 0 Å². The van der Waals surface area contributed by atoms with Crippen LogP contribution in [0, 0.1) is 5.92 Å².